The van der Waals surface area contributed by atoms with Crippen LogP contribution in [0, 0.1) is 5.41 Å². The van der Waals surface area contributed by atoms with Crippen LogP contribution in [0.4, 0.5) is 0 Å². The van der Waals surface area contributed by atoms with Crippen molar-refractivity contribution in [2.75, 3.05) is 6.61 Å². The normalized spacial score (nSPS) is 15.5. The summed E-state index contributed by atoms with van der Waals surface area (Å²) in [7, 11) is 0. The van der Waals surface area contributed by atoms with Gasteiger partial charge < -0.3 is 4.74 Å². The SMILES string of the molecule is CC(C)(C)COc1ccc(Cl)cc1C=Nn1c(C2CCCCC2)nc2ccccc2c1=O. The van der Waals surface area contributed by atoms with Crippen molar-refractivity contribution in [3.8, 4) is 5.75 Å². The van der Waals surface area contributed by atoms with Crippen molar-refractivity contribution in [1.82, 2.24) is 9.66 Å². The van der Waals surface area contributed by atoms with Crippen molar-refractivity contribution in [3.63, 3.8) is 0 Å². The predicted octanol–water partition coefficient (Wildman–Crippen LogP) is 6.40. The van der Waals surface area contributed by atoms with Crippen LogP contribution in [-0.4, -0.2) is 22.5 Å². The van der Waals surface area contributed by atoms with Gasteiger partial charge in [-0.15, -0.1) is 0 Å². The molecule has 1 aliphatic rings. The number of fused-ring (bicyclic) bond motifs is 1. The van der Waals surface area contributed by atoms with Crippen molar-refractivity contribution in [2.45, 2.75) is 58.8 Å². The van der Waals surface area contributed by atoms with Crippen LogP contribution in [0.3, 0.4) is 0 Å². The number of rotatable bonds is 5. The minimum absolute atomic E-state index is 0.0153. The molecule has 0 spiro atoms. The summed E-state index contributed by atoms with van der Waals surface area (Å²) < 4.78 is 7.52. The fourth-order valence-electron chi connectivity index (χ4n) is 4.04. The van der Waals surface area contributed by atoms with Gasteiger partial charge in [0.05, 0.1) is 23.7 Å². The molecule has 6 heteroatoms. The summed E-state index contributed by atoms with van der Waals surface area (Å²) >= 11 is 6.25. The number of halogens is 1. The Labute approximate surface area is 194 Å². The van der Waals surface area contributed by atoms with E-state index in [0.29, 0.717) is 22.8 Å². The number of nitrogens with zero attached hydrogens (tertiary/aromatic N) is 3. The summed E-state index contributed by atoms with van der Waals surface area (Å²) in [5.74, 6) is 1.66. The quantitative estimate of drug-likeness (QED) is 0.421. The van der Waals surface area contributed by atoms with Crippen LogP contribution < -0.4 is 10.3 Å². The predicted molar refractivity (Wildman–Crippen MR) is 131 cm³/mol. The maximum absolute atomic E-state index is 13.4. The molecule has 0 bridgehead atoms. The van der Waals surface area contributed by atoms with Gasteiger partial charge in [0.1, 0.15) is 11.6 Å². The number of ether oxygens (including phenoxy) is 1. The standard InChI is InChI=1S/C26H30ClN3O2/c1-26(2,3)17-32-23-14-13-20(27)15-19(23)16-28-30-24(18-9-5-4-6-10-18)29-22-12-8-7-11-21(22)25(30)31/h7-8,11-16,18H,4-6,9-10,17H2,1-3H3. The van der Waals surface area contributed by atoms with Crippen LogP contribution in [-0.2, 0) is 0 Å². The Hall–Kier alpha value is -2.66. The lowest BCUT2D eigenvalue weighted by Crippen LogP contribution is -2.25. The summed E-state index contributed by atoms with van der Waals surface area (Å²) in [6.45, 7) is 6.91. The Morgan fingerprint density at radius 1 is 1.16 bits per heavy atom. The van der Waals surface area contributed by atoms with Crippen LogP contribution >= 0.6 is 11.6 Å². The Morgan fingerprint density at radius 3 is 2.66 bits per heavy atom. The number of hydrogen-bond donors (Lipinski definition) is 0. The molecule has 2 aromatic carbocycles. The zero-order chi connectivity index (χ0) is 22.7. The molecule has 1 fully saturated rings. The van der Waals surface area contributed by atoms with E-state index in [1.807, 2.05) is 30.3 Å². The molecule has 0 atom stereocenters. The maximum atomic E-state index is 13.4. The number of hydrogen-bond acceptors (Lipinski definition) is 4. The lowest BCUT2D eigenvalue weighted by molar-refractivity contribution is 0.197. The Morgan fingerprint density at radius 2 is 1.91 bits per heavy atom. The first kappa shape index (κ1) is 22.5. The van der Waals surface area contributed by atoms with Crippen molar-refractivity contribution in [3.05, 3.63) is 69.2 Å². The smallest absolute Gasteiger partial charge is 0.282 e. The van der Waals surface area contributed by atoms with Gasteiger partial charge in [0.2, 0.25) is 0 Å². The van der Waals surface area contributed by atoms with Crippen LogP contribution in [0.15, 0.2) is 52.4 Å². The minimum atomic E-state index is -0.147. The van der Waals surface area contributed by atoms with Gasteiger partial charge in [-0.25, -0.2) is 4.98 Å². The van der Waals surface area contributed by atoms with Crippen molar-refractivity contribution in [1.29, 1.82) is 0 Å². The lowest BCUT2D eigenvalue weighted by Gasteiger charge is -2.23. The molecule has 3 aromatic rings. The molecule has 0 radical (unpaired) electrons. The van der Waals surface area contributed by atoms with E-state index in [4.69, 9.17) is 21.3 Å². The minimum Gasteiger partial charge on any atom is -0.492 e. The average molecular weight is 452 g/mol. The fourth-order valence-corrected chi connectivity index (χ4v) is 4.22. The molecule has 4 rings (SSSR count). The van der Waals surface area contributed by atoms with E-state index >= 15 is 0 Å². The first-order valence-corrected chi connectivity index (χ1v) is 11.7. The second-order valence-electron chi connectivity index (χ2n) is 9.72. The van der Waals surface area contributed by atoms with Gasteiger partial charge in [0.25, 0.3) is 5.56 Å². The summed E-state index contributed by atoms with van der Waals surface area (Å²) in [6.07, 6.45) is 7.24. The zero-order valence-electron chi connectivity index (χ0n) is 19.0. The highest BCUT2D eigenvalue weighted by Gasteiger charge is 2.22. The third kappa shape index (κ3) is 5.21. The van der Waals surface area contributed by atoms with Crippen LogP contribution in [0.25, 0.3) is 10.9 Å². The highest BCUT2D eigenvalue weighted by Crippen LogP contribution is 2.32. The van der Waals surface area contributed by atoms with Gasteiger partial charge in [-0.3, -0.25) is 4.79 Å². The van der Waals surface area contributed by atoms with E-state index in [2.05, 4.69) is 25.9 Å². The Balaban J connectivity index is 1.78. The third-order valence-electron chi connectivity index (χ3n) is 5.69. The van der Waals surface area contributed by atoms with E-state index < -0.39 is 0 Å². The van der Waals surface area contributed by atoms with Crippen molar-refractivity contribution < 1.29 is 4.74 Å². The van der Waals surface area contributed by atoms with Crippen LogP contribution in [0.1, 0.15) is 70.2 Å². The summed E-state index contributed by atoms with van der Waals surface area (Å²) in [6, 6.07) is 12.9. The zero-order valence-corrected chi connectivity index (χ0v) is 19.7. The summed E-state index contributed by atoms with van der Waals surface area (Å²) in [4.78, 5) is 18.2. The average Bonchev–Trinajstić information content (AvgIpc) is 2.78. The molecule has 0 N–H and O–H groups in total. The fraction of sp³-hybridized carbons (Fsp3) is 0.423. The molecule has 168 valence electrons. The summed E-state index contributed by atoms with van der Waals surface area (Å²) in [5.41, 5.74) is 1.32. The molecule has 0 amide bonds. The van der Waals surface area contributed by atoms with E-state index in [1.165, 1.54) is 11.1 Å². The highest BCUT2D eigenvalue weighted by atomic mass is 35.5. The second kappa shape index (κ2) is 9.45. The van der Waals surface area contributed by atoms with Gasteiger partial charge in [0, 0.05) is 16.5 Å². The molecule has 1 aromatic heterocycles. The van der Waals surface area contributed by atoms with E-state index in [9.17, 15) is 4.79 Å². The van der Waals surface area contributed by atoms with E-state index in [-0.39, 0.29) is 16.9 Å². The molecule has 0 aliphatic heterocycles. The molecule has 0 unspecified atom stereocenters. The summed E-state index contributed by atoms with van der Waals surface area (Å²) in [5, 5.41) is 5.78. The molecule has 5 nitrogen and oxygen atoms in total. The van der Waals surface area contributed by atoms with Crippen molar-refractivity contribution >= 4 is 28.7 Å². The maximum Gasteiger partial charge on any atom is 0.282 e. The van der Waals surface area contributed by atoms with Gasteiger partial charge in [-0.05, 0) is 48.6 Å². The molecule has 1 heterocycles. The number of para-hydroxylation sites is 1. The van der Waals surface area contributed by atoms with E-state index in [0.717, 1.165) is 42.6 Å². The third-order valence-corrected chi connectivity index (χ3v) is 5.93. The second-order valence-corrected chi connectivity index (χ2v) is 10.2. The highest BCUT2D eigenvalue weighted by molar-refractivity contribution is 6.30. The van der Waals surface area contributed by atoms with Crippen LogP contribution in [0.2, 0.25) is 5.02 Å². The van der Waals surface area contributed by atoms with Gasteiger partial charge >= 0.3 is 0 Å². The number of benzene rings is 2. The first-order chi connectivity index (χ1) is 15.3. The first-order valence-electron chi connectivity index (χ1n) is 11.3. The van der Waals surface area contributed by atoms with Crippen molar-refractivity contribution in [2.24, 2.45) is 10.5 Å². The Bertz CT molecular complexity index is 1190. The van der Waals surface area contributed by atoms with Gasteiger partial charge in [-0.2, -0.15) is 9.78 Å². The number of aromatic nitrogens is 2. The molecular weight excluding hydrogens is 422 g/mol. The molecule has 0 saturated heterocycles. The molecule has 1 aliphatic carbocycles. The van der Waals surface area contributed by atoms with E-state index in [1.54, 1.807) is 18.3 Å². The monoisotopic (exact) mass is 451 g/mol. The van der Waals surface area contributed by atoms with Gasteiger partial charge in [0.15, 0.2) is 0 Å². The molecular formula is C26H30ClN3O2. The molecule has 1 saturated carbocycles. The molecule has 32 heavy (non-hydrogen) atoms. The van der Waals surface area contributed by atoms with Crippen LogP contribution in [0.5, 0.6) is 5.75 Å². The topological polar surface area (TPSA) is 56.5 Å². The van der Waals surface area contributed by atoms with Gasteiger partial charge in [-0.1, -0.05) is 63.8 Å². The Kier molecular flexibility index (Phi) is 6.66. The largest absolute Gasteiger partial charge is 0.492 e. The lowest BCUT2D eigenvalue weighted by atomic mass is 9.88.